The van der Waals surface area contributed by atoms with Crippen molar-refractivity contribution in [2.75, 3.05) is 26.3 Å². The zero-order valence-electron chi connectivity index (χ0n) is 18.2. The molecule has 31 heavy (non-hydrogen) atoms. The van der Waals surface area contributed by atoms with Gasteiger partial charge in [0.25, 0.3) is 0 Å². The molecular formula is C23H32N2O6. The van der Waals surface area contributed by atoms with E-state index in [0.29, 0.717) is 32.5 Å². The number of carbonyl (C=O) groups excluding carboxylic acids is 3. The Bertz CT molecular complexity index is 793. The van der Waals surface area contributed by atoms with Crippen molar-refractivity contribution < 1.29 is 29.0 Å². The van der Waals surface area contributed by atoms with Gasteiger partial charge in [0.15, 0.2) is 0 Å². The van der Waals surface area contributed by atoms with Crippen LogP contribution >= 0.6 is 0 Å². The van der Waals surface area contributed by atoms with Crippen LogP contribution in [0.4, 0.5) is 0 Å². The summed E-state index contributed by atoms with van der Waals surface area (Å²) < 4.78 is 12.0. The molecule has 2 amide bonds. The van der Waals surface area contributed by atoms with E-state index in [-0.39, 0.29) is 24.5 Å². The average molecular weight is 433 g/mol. The van der Waals surface area contributed by atoms with E-state index in [1.54, 1.807) is 9.80 Å². The number of fused-ring (bicyclic) bond motifs is 2. The van der Waals surface area contributed by atoms with Gasteiger partial charge in [-0.15, -0.1) is 0 Å². The van der Waals surface area contributed by atoms with Gasteiger partial charge >= 0.3 is 5.97 Å². The highest BCUT2D eigenvalue weighted by Gasteiger charge is 2.71. The molecule has 0 radical (unpaired) electrons. The van der Waals surface area contributed by atoms with E-state index in [2.05, 4.69) is 0 Å². The molecule has 170 valence electrons. The zero-order chi connectivity index (χ0) is 22.2. The van der Waals surface area contributed by atoms with Gasteiger partial charge in [-0.1, -0.05) is 24.3 Å². The number of carbonyl (C=O) groups is 3. The second-order valence-electron chi connectivity index (χ2n) is 9.03. The number of aliphatic hydroxyl groups is 1. The predicted molar refractivity (Wildman–Crippen MR) is 112 cm³/mol. The summed E-state index contributed by atoms with van der Waals surface area (Å²) in [6.07, 6.45) is 9.53. The van der Waals surface area contributed by atoms with Gasteiger partial charge in [-0.25, -0.2) is 0 Å². The lowest BCUT2D eigenvalue weighted by atomic mass is 9.78. The van der Waals surface area contributed by atoms with Crippen LogP contribution in [0.25, 0.3) is 0 Å². The molecule has 2 fully saturated rings. The monoisotopic (exact) mass is 432 g/mol. The highest BCUT2D eigenvalue weighted by atomic mass is 16.6. The molecule has 4 heterocycles. The van der Waals surface area contributed by atoms with Crippen LogP contribution in [0, 0.1) is 11.8 Å². The molecule has 8 nitrogen and oxygen atoms in total. The Labute approximate surface area is 182 Å². The third kappa shape index (κ3) is 3.59. The second-order valence-corrected chi connectivity index (χ2v) is 9.03. The summed E-state index contributed by atoms with van der Waals surface area (Å²) >= 11 is 0. The van der Waals surface area contributed by atoms with Crippen LogP contribution in [-0.2, 0) is 23.9 Å². The van der Waals surface area contributed by atoms with Crippen molar-refractivity contribution in [3.63, 3.8) is 0 Å². The van der Waals surface area contributed by atoms with Crippen molar-refractivity contribution in [3.8, 4) is 0 Å². The smallest absolute Gasteiger partial charge is 0.312 e. The first-order valence-electron chi connectivity index (χ1n) is 11.3. The van der Waals surface area contributed by atoms with Gasteiger partial charge in [0.1, 0.15) is 17.6 Å². The maximum atomic E-state index is 13.7. The molecule has 0 aromatic rings. The van der Waals surface area contributed by atoms with Crippen molar-refractivity contribution in [1.82, 2.24) is 9.80 Å². The van der Waals surface area contributed by atoms with Crippen LogP contribution < -0.4 is 0 Å². The van der Waals surface area contributed by atoms with Gasteiger partial charge in [0, 0.05) is 25.7 Å². The highest BCUT2D eigenvalue weighted by molar-refractivity contribution is 5.99. The predicted octanol–water partition coefficient (Wildman–Crippen LogP) is 1.04. The molecule has 0 bridgehead atoms. The number of unbranched alkanes of at least 4 members (excludes halogenated alkanes) is 1. The summed E-state index contributed by atoms with van der Waals surface area (Å²) in [6, 6.07) is -0.870. The molecular weight excluding hydrogens is 400 g/mol. The van der Waals surface area contributed by atoms with Gasteiger partial charge in [-0.05, 0) is 39.5 Å². The summed E-state index contributed by atoms with van der Waals surface area (Å²) in [5.74, 6) is -2.43. The standard InChI is InChI=1S/C23H32N2O6/c1-15(2)24-12-8-10-23-18(17-16(31-23)9-4-3-7-14-30-22(17)29)20(27)25(11-5-6-13-26)19(23)21(24)28/h4,8-10,15-19,26H,3,5-7,11-14H2,1-2H3/b9-4-/t16-,17+,18+,19?,23+/m1/s1. The Morgan fingerprint density at radius 2 is 2.00 bits per heavy atom. The number of aliphatic hydroxyl groups excluding tert-OH is 1. The summed E-state index contributed by atoms with van der Waals surface area (Å²) in [5.41, 5.74) is -1.20. The summed E-state index contributed by atoms with van der Waals surface area (Å²) in [5, 5.41) is 9.20. The molecule has 0 aliphatic carbocycles. The lowest BCUT2D eigenvalue weighted by molar-refractivity contribution is -0.155. The number of amides is 2. The van der Waals surface area contributed by atoms with Crippen molar-refractivity contribution in [3.05, 3.63) is 24.3 Å². The molecule has 1 unspecified atom stereocenters. The number of cyclic esters (lactones) is 1. The number of allylic oxidation sites excluding steroid dienone is 1. The minimum Gasteiger partial charge on any atom is -0.465 e. The number of hydrogen-bond donors (Lipinski definition) is 1. The van der Waals surface area contributed by atoms with Crippen molar-refractivity contribution in [1.29, 1.82) is 0 Å². The maximum absolute atomic E-state index is 13.7. The van der Waals surface area contributed by atoms with Gasteiger partial charge in [-0.3, -0.25) is 14.4 Å². The topological polar surface area (TPSA) is 96.4 Å². The third-order valence-electron chi connectivity index (χ3n) is 6.81. The van der Waals surface area contributed by atoms with E-state index in [9.17, 15) is 19.5 Å². The molecule has 4 rings (SSSR count). The Balaban J connectivity index is 1.79. The van der Waals surface area contributed by atoms with Crippen molar-refractivity contribution in [2.45, 2.75) is 63.3 Å². The second kappa shape index (κ2) is 8.74. The molecule has 2 saturated heterocycles. The number of rotatable bonds is 5. The van der Waals surface area contributed by atoms with Gasteiger partial charge in [0.2, 0.25) is 11.8 Å². The first kappa shape index (κ1) is 22.0. The van der Waals surface area contributed by atoms with E-state index in [1.165, 1.54) is 0 Å². The van der Waals surface area contributed by atoms with E-state index >= 15 is 0 Å². The SMILES string of the molecule is CC(C)N1CC=C[C@]23O[C@@H]4/C=C\CCCOC(=O)[C@@H]4[C@H]2C(=O)N(CCCCO)C3C1=O. The molecule has 0 aromatic carbocycles. The molecule has 0 saturated carbocycles. The van der Waals surface area contributed by atoms with Crippen LogP contribution in [0.2, 0.25) is 0 Å². The normalized spacial score (nSPS) is 36.3. The largest absolute Gasteiger partial charge is 0.465 e. The van der Waals surface area contributed by atoms with Gasteiger partial charge in [-0.2, -0.15) is 0 Å². The summed E-state index contributed by atoms with van der Waals surface area (Å²) in [4.78, 5) is 43.7. The van der Waals surface area contributed by atoms with Crippen LogP contribution in [-0.4, -0.2) is 82.8 Å². The van der Waals surface area contributed by atoms with Crippen LogP contribution in [0.15, 0.2) is 24.3 Å². The zero-order valence-corrected chi connectivity index (χ0v) is 18.2. The van der Waals surface area contributed by atoms with Crippen LogP contribution in [0.5, 0.6) is 0 Å². The van der Waals surface area contributed by atoms with E-state index in [1.807, 2.05) is 38.2 Å². The van der Waals surface area contributed by atoms with Crippen molar-refractivity contribution >= 4 is 17.8 Å². The first-order valence-corrected chi connectivity index (χ1v) is 11.3. The minimum absolute atomic E-state index is 0.0194. The van der Waals surface area contributed by atoms with E-state index in [0.717, 1.165) is 12.8 Å². The van der Waals surface area contributed by atoms with E-state index < -0.39 is 35.6 Å². The fourth-order valence-corrected chi connectivity index (χ4v) is 5.37. The number of ether oxygens (including phenoxy) is 2. The van der Waals surface area contributed by atoms with Gasteiger partial charge in [0.05, 0.1) is 18.6 Å². The number of likely N-dealkylation sites (tertiary alicyclic amines) is 1. The molecule has 4 aliphatic rings. The quantitative estimate of drug-likeness (QED) is 0.396. The van der Waals surface area contributed by atoms with Crippen molar-refractivity contribution in [2.24, 2.45) is 11.8 Å². The lowest BCUT2D eigenvalue weighted by Gasteiger charge is -2.36. The fourth-order valence-electron chi connectivity index (χ4n) is 5.37. The Hall–Kier alpha value is -2.19. The average Bonchev–Trinajstić information content (AvgIpc) is 3.13. The Morgan fingerprint density at radius 3 is 2.74 bits per heavy atom. The Kier molecular flexibility index (Phi) is 6.21. The van der Waals surface area contributed by atoms with E-state index in [4.69, 9.17) is 9.47 Å². The molecule has 5 atom stereocenters. The number of esters is 1. The van der Waals surface area contributed by atoms with Crippen LogP contribution in [0.3, 0.4) is 0 Å². The Morgan fingerprint density at radius 1 is 1.19 bits per heavy atom. The molecule has 8 heteroatoms. The third-order valence-corrected chi connectivity index (χ3v) is 6.81. The molecule has 1 N–H and O–H groups in total. The van der Waals surface area contributed by atoms with Gasteiger partial charge < -0.3 is 24.4 Å². The highest BCUT2D eigenvalue weighted by Crippen LogP contribution is 2.53. The molecule has 4 aliphatic heterocycles. The maximum Gasteiger partial charge on any atom is 0.312 e. The summed E-state index contributed by atoms with van der Waals surface area (Å²) in [6.45, 7) is 4.98. The number of nitrogens with zero attached hydrogens (tertiary/aromatic N) is 2. The minimum atomic E-state index is -1.20. The number of hydrogen-bond acceptors (Lipinski definition) is 6. The fraction of sp³-hybridized carbons (Fsp3) is 0.696. The first-order chi connectivity index (χ1) is 14.9. The van der Waals surface area contributed by atoms with Crippen LogP contribution in [0.1, 0.15) is 39.5 Å². The molecule has 0 aromatic heterocycles. The summed E-state index contributed by atoms with van der Waals surface area (Å²) in [7, 11) is 0. The lowest BCUT2D eigenvalue weighted by Crippen LogP contribution is -2.56. The molecule has 1 spiro atoms.